The number of esters is 1. The van der Waals surface area contributed by atoms with Crippen LogP contribution in [0.5, 0.6) is 11.5 Å². The second-order valence-electron chi connectivity index (χ2n) is 4.93. The van der Waals surface area contributed by atoms with Crippen molar-refractivity contribution in [3.05, 3.63) is 64.2 Å². The van der Waals surface area contributed by atoms with Gasteiger partial charge in [-0.15, -0.1) is 0 Å². The second kappa shape index (κ2) is 8.44. The molecule has 0 saturated carbocycles. The summed E-state index contributed by atoms with van der Waals surface area (Å²) in [7, 11) is 1.47. The Morgan fingerprint density at radius 1 is 1.08 bits per heavy atom. The monoisotopic (exact) mass is 344 g/mol. The van der Waals surface area contributed by atoms with Crippen molar-refractivity contribution in [2.24, 2.45) is 0 Å². The van der Waals surface area contributed by atoms with Gasteiger partial charge in [-0.05, 0) is 24.3 Å². The van der Waals surface area contributed by atoms with Crippen molar-refractivity contribution >= 4 is 17.6 Å². The summed E-state index contributed by atoms with van der Waals surface area (Å²) in [5.41, 5.74) is 0.167. The van der Waals surface area contributed by atoms with Crippen molar-refractivity contribution < 1.29 is 24.0 Å². The van der Waals surface area contributed by atoms with Gasteiger partial charge in [0.2, 0.25) is 0 Å². The Morgan fingerprint density at radius 3 is 2.32 bits per heavy atom. The van der Waals surface area contributed by atoms with Gasteiger partial charge < -0.3 is 14.8 Å². The molecule has 0 heterocycles. The van der Waals surface area contributed by atoms with E-state index < -0.39 is 16.8 Å². The van der Waals surface area contributed by atoms with E-state index >= 15 is 0 Å². The highest BCUT2D eigenvalue weighted by atomic mass is 16.6. The number of hydrogen-bond donors (Lipinski definition) is 1. The van der Waals surface area contributed by atoms with Gasteiger partial charge in [0.15, 0.2) is 11.5 Å². The van der Waals surface area contributed by atoms with Crippen LogP contribution in [0.3, 0.4) is 0 Å². The van der Waals surface area contributed by atoms with E-state index in [0.29, 0.717) is 11.5 Å². The van der Waals surface area contributed by atoms with Crippen LogP contribution in [0.4, 0.5) is 5.69 Å². The minimum absolute atomic E-state index is 0.0310. The number of benzene rings is 2. The summed E-state index contributed by atoms with van der Waals surface area (Å²) in [6.45, 7) is 0.0732. The van der Waals surface area contributed by atoms with Crippen molar-refractivity contribution in [1.82, 2.24) is 5.32 Å². The summed E-state index contributed by atoms with van der Waals surface area (Å²) in [5.74, 6) is -0.212. The Hall–Kier alpha value is -3.42. The van der Waals surface area contributed by atoms with Gasteiger partial charge in [-0.1, -0.05) is 12.1 Å². The number of carbonyl (C=O) groups excluding carboxylic acids is 2. The number of para-hydroxylation sites is 2. The van der Waals surface area contributed by atoms with Crippen molar-refractivity contribution in [2.75, 3.05) is 13.7 Å². The number of amides is 1. The van der Waals surface area contributed by atoms with Crippen LogP contribution in [0, 0.1) is 10.1 Å². The summed E-state index contributed by atoms with van der Waals surface area (Å²) >= 11 is 0. The molecule has 130 valence electrons. The highest BCUT2D eigenvalue weighted by molar-refractivity contribution is 5.94. The molecule has 2 aromatic carbocycles. The number of nitrogens with one attached hydrogen (secondary N) is 1. The lowest BCUT2D eigenvalue weighted by molar-refractivity contribution is -0.384. The molecule has 0 aliphatic rings. The van der Waals surface area contributed by atoms with Gasteiger partial charge >= 0.3 is 5.97 Å². The van der Waals surface area contributed by atoms with E-state index in [9.17, 15) is 19.7 Å². The van der Waals surface area contributed by atoms with Crippen molar-refractivity contribution in [3.63, 3.8) is 0 Å². The lowest BCUT2D eigenvalue weighted by Crippen LogP contribution is -2.27. The summed E-state index contributed by atoms with van der Waals surface area (Å²) in [4.78, 5) is 33.8. The SMILES string of the molecule is COc1ccccc1OC(=O)CCNC(=O)c1ccc([N+](=O)[O-])cc1. The lowest BCUT2D eigenvalue weighted by Gasteiger charge is -2.09. The van der Waals surface area contributed by atoms with Gasteiger partial charge in [-0.25, -0.2) is 0 Å². The van der Waals surface area contributed by atoms with Crippen LogP contribution in [-0.4, -0.2) is 30.5 Å². The first-order valence-electron chi connectivity index (χ1n) is 7.37. The fourth-order valence-electron chi connectivity index (χ4n) is 1.99. The number of nitro groups is 1. The first-order valence-corrected chi connectivity index (χ1v) is 7.37. The zero-order valence-electron chi connectivity index (χ0n) is 13.4. The van der Waals surface area contributed by atoms with E-state index in [1.165, 1.54) is 31.4 Å². The first kappa shape index (κ1) is 17.9. The maximum absolute atomic E-state index is 11.9. The molecule has 1 amide bonds. The highest BCUT2D eigenvalue weighted by Gasteiger charge is 2.12. The van der Waals surface area contributed by atoms with E-state index in [-0.39, 0.29) is 24.2 Å². The van der Waals surface area contributed by atoms with Crippen LogP contribution < -0.4 is 14.8 Å². The maximum Gasteiger partial charge on any atom is 0.313 e. The van der Waals surface area contributed by atoms with Crippen LogP contribution in [-0.2, 0) is 4.79 Å². The molecule has 1 N–H and O–H groups in total. The largest absolute Gasteiger partial charge is 0.493 e. The van der Waals surface area contributed by atoms with E-state index in [2.05, 4.69) is 5.32 Å². The number of carbonyl (C=O) groups is 2. The molecule has 0 saturated heterocycles. The molecular formula is C17H16N2O6. The molecule has 0 aliphatic heterocycles. The summed E-state index contributed by atoms with van der Waals surface area (Å²) < 4.78 is 10.3. The van der Waals surface area contributed by atoms with E-state index in [1.54, 1.807) is 24.3 Å². The Balaban J connectivity index is 1.82. The molecule has 25 heavy (non-hydrogen) atoms. The van der Waals surface area contributed by atoms with Crippen LogP contribution >= 0.6 is 0 Å². The minimum atomic E-state index is -0.546. The fraction of sp³-hybridized carbons (Fsp3) is 0.176. The molecule has 0 fully saturated rings. The molecule has 2 rings (SSSR count). The number of non-ortho nitro benzene ring substituents is 1. The van der Waals surface area contributed by atoms with Crippen molar-refractivity contribution in [3.8, 4) is 11.5 Å². The van der Waals surface area contributed by atoms with Crippen LogP contribution in [0.15, 0.2) is 48.5 Å². The zero-order chi connectivity index (χ0) is 18.2. The van der Waals surface area contributed by atoms with Gasteiger partial charge in [-0.2, -0.15) is 0 Å². The number of methoxy groups -OCH3 is 1. The Bertz CT molecular complexity index is 773. The molecule has 0 atom stereocenters. The minimum Gasteiger partial charge on any atom is -0.493 e. The van der Waals surface area contributed by atoms with Crippen LogP contribution in [0.1, 0.15) is 16.8 Å². The Morgan fingerprint density at radius 2 is 1.72 bits per heavy atom. The normalized spacial score (nSPS) is 9.96. The zero-order valence-corrected chi connectivity index (χ0v) is 13.4. The van der Waals surface area contributed by atoms with Crippen LogP contribution in [0.25, 0.3) is 0 Å². The van der Waals surface area contributed by atoms with Crippen LogP contribution in [0.2, 0.25) is 0 Å². The topological polar surface area (TPSA) is 108 Å². The summed E-state index contributed by atoms with van der Waals surface area (Å²) in [6, 6.07) is 11.9. The molecule has 0 aromatic heterocycles. The standard InChI is InChI=1S/C17H16N2O6/c1-24-14-4-2-3-5-15(14)25-16(20)10-11-18-17(21)12-6-8-13(9-7-12)19(22)23/h2-9H,10-11H2,1H3,(H,18,21). The third kappa shape index (κ3) is 5.03. The fourth-order valence-corrected chi connectivity index (χ4v) is 1.99. The van der Waals surface area contributed by atoms with Gasteiger partial charge in [-0.3, -0.25) is 19.7 Å². The molecule has 2 aromatic rings. The first-order chi connectivity index (χ1) is 12.0. The molecule has 0 spiro atoms. The van der Waals surface area contributed by atoms with Gasteiger partial charge in [0.25, 0.3) is 11.6 Å². The van der Waals surface area contributed by atoms with Crippen molar-refractivity contribution in [1.29, 1.82) is 0 Å². The molecule has 0 unspecified atom stereocenters. The maximum atomic E-state index is 11.9. The molecule has 8 nitrogen and oxygen atoms in total. The average molecular weight is 344 g/mol. The number of ether oxygens (including phenoxy) is 2. The predicted molar refractivity (Wildman–Crippen MR) is 88.7 cm³/mol. The number of rotatable bonds is 7. The second-order valence-corrected chi connectivity index (χ2v) is 4.93. The summed E-state index contributed by atoms with van der Waals surface area (Å²) in [5, 5.41) is 13.1. The molecule has 8 heteroatoms. The Kier molecular flexibility index (Phi) is 6.05. The third-order valence-electron chi connectivity index (χ3n) is 3.25. The molecule has 0 aliphatic carbocycles. The van der Waals surface area contributed by atoms with E-state index in [0.717, 1.165) is 0 Å². The van der Waals surface area contributed by atoms with E-state index in [4.69, 9.17) is 9.47 Å². The van der Waals surface area contributed by atoms with Gasteiger partial charge in [0, 0.05) is 24.2 Å². The predicted octanol–water partition coefficient (Wildman–Crippen LogP) is 2.33. The lowest BCUT2D eigenvalue weighted by atomic mass is 10.2. The summed E-state index contributed by atoms with van der Waals surface area (Å²) in [6.07, 6.45) is -0.0310. The third-order valence-corrected chi connectivity index (χ3v) is 3.25. The smallest absolute Gasteiger partial charge is 0.313 e. The molecular weight excluding hydrogens is 328 g/mol. The van der Waals surface area contributed by atoms with E-state index in [1.807, 2.05) is 0 Å². The molecule has 0 radical (unpaired) electrons. The Labute approximate surface area is 143 Å². The van der Waals surface area contributed by atoms with Gasteiger partial charge in [0.05, 0.1) is 18.5 Å². The molecule has 0 bridgehead atoms. The number of hydrogen-bond acceptors (Lipinski definition) is 6. The average Bonchev–Trinajstić information content (AvgIpc) is 2.62. The van der Waals surface area contributed by atoms with Gasteiger partial charge in [0.1, 0.15) is 0 Å². The quantitative estimate of drug-likeness (QED) is 0.357. The van der Waals surface area contributed by atoms with Crippen molar-refractivity contribution in [2.45, 2.75) is 6.42 Å². The number of nitro benzene ring substituents is 1. The highest BCUT2D eigenvalue weighted by Crippen LogP contribution is 2.25. The number of nitrogens with zero attached hydrogens (tertiary/aromatic N) is 1.